The summed E-state index contributed by atoms with van der Waals surface area (Å²) in [5.74, 6) is 0.354. The minimum Gasteiger partial charge on any atom is -0.465 e. The van der Waals surface area contributed by atoms with Gasteiger partial charge in [-0.3, -0.25) is 4.79 Å². The van der Waals surface area contributed by atoms with Crippen LogP contribution in [0.2, 0.25) is 0 Å². The Bertz CT molecular complexity index is 153. The second-order valence-electron chi connectivity index (χ2n) is 3.27. The molecule has 0 radical (unpaired) electrons. The second-order valence-corrected chi connectivity index (χ2v) is 3.27. The van der Waals surface area contributed by atoms with E-state index in [-0.39, 0.29) is 11.4 Å². The number of carbonyl (C=O) groups excluding carboxylic acids is 1. The summed E-state index contributed by atoms with van der Waals surface area (Å²) in [5, 5.41) is 0. The van der Waals surface area contributed by atoms with Crippen molar-refractivity contribution in [2.24, 2.45) is 11.3 Å². The van der Waals surface area contributed by atoms with E-state index in [4.69, 9.17) is 4.74 Å². The maximum absolute atomic E-state index is 11.1. The largest absolute Gasteiger partial charge is 0.465 e. The van der Waals surface area contributed by atoms with Gasteiger partial charge in [-0.1, -0.05) is 13.8 Å². The third kappa shape index (κ3) is 0.825. The van der Waals surface area contributed by atoms with Crippen molar-refractivity contribution >= 4 is 5.97 Å². The molecule has 0 saturated carbocycles. The number of hydrogen-bond donors (Lipinski definition) is 0. The van der Waals surface area contributed by atoms with Crippen LogP contribution < -0.4 is 0 Å². The first-order chi connectivity index (χ1) is 4.61. The molecule has 2 nitrogen and oxygen atoms in total. The maximum atomic E-state index is 11.1. The summed E-state index contributed by atoms with van der Waals surface area (Å²) in [5.41, 5.74) is -0.208. The van der Waals surface area contributed by atoms with Crippen LogP contribution in [-0.2, 0) is 9.53 Å². The van der Waals surface area contributed by atoms with Gasteiger partial charge in [0.15, 0.2) is 0 Å². The normalized spacial score (nSPS) is 39.9. The Kier molecular flexibility index (Phi) is 1.71. The highest BCUT2D eigenvalue weighted by Crippen LogP contribution is 2.37. The average molecular weight is 142 g/mol. The molecular formula is C8H14O2. The molecule has 0 amide bonds. The van der Waals surface area contributed by atoms with Crippen LogP contribution in [0, 0.1) is 11.3 Å². The molecule has 0 bridgehead atoms. The summed E-state index contributed by atoms with van der Waals surface area (Å²) >= 11 is 0. The Balaban J connectivity index is 2.80. The van der Waals surface area contributed by atoms with E-state index in [0.717, 1.165) is 6.42 Å². The molecule has 1 saturated heterocycles. The zero-order chi connectivity index (χ0) is 7.78. The fourth-order valence-corrected chi connectivity index (χ4v) is 1.24. The van der Waals surface area contributed by atoms with Crippen molar-refractivity contribution in [2.75, 3.05) is 6.61 Å². The predicted molar refractivity (Wildman–Crippen MR) is 38.5 cm³/mol. The molecule has 2 atom stereocenters. The molecule has 0 N–H and O–H groups in total. The smallest absolute Gasteiger partial charge is 0.312 e. The van der Waals surface area contributed by atoms with Crippen LogP contribution in [-0.4, -0.2) is 12.6 Å². The fourth-order valence-electron chi connectivity index (χ4n) is 1.24. The summed E-state index contributed by atoms with van der Waals surface area (Å²) in [6.07, 6.45) is 0.882. The zero-order valence-corrected chi connectivity index (χ0v) is 6.81. The van der Waals surface area contributed by atoms with Gasteiger partial charge < -0.3 is 4.74 Å². The summed E-state index contributed by atoms with van der Waals surface area (Å²) in [6.45, 7) is 6.67. The highest BCUT2D eigenvalue weighted by atomic mass is 16.5. The van der Waals surface area contributed by atoms with Crippen molar-refractivity contribution in [1.29, 1.82) is 0 Å². The minimum absolute atomic E-state index is 0.0255. The molecule has 0 aliphatic carbocycles. The van der Waals surface area contributed by atoms with E-state index >= 15 is 0 Å². The van der Waals surface area contributed by atoms with Gasteiger partial charge in [0.25, 0.3) is 0 Å². The number of hydrogen-bond acceptors (Lipinski definition) is 2. The third-order valence-electron chi connectivity index (χ3n) is 2.75. The van der Waals surface area contributed by atoms with Gasteiger partial charge in [-0.2, -0.15) is 0 Å². The van der Waals surface area contributed by atoms with Crippen LogP contribution in [0.15, 0.2) is 0 Å². The maximum Gasteiger partial charge on any atom is 0.312 e. The topological polar surface area (TPSA) is 26.3 Å². The Morgan fingerprint density at radius 1 is 1.80 bits per heavy atom. The lowest BCUT2D eigenvalue weighted by Gasteiger charge is -2.20. The molecule has 1 fully saturated rings. The highest BCUT2D eigenvalue weighted by Gasteiger charge is 2.44. The molecule has 1 aliphatic heterocycles. The first-order valence-corrected chi connectivity index (χ1v) is 3.78. The summed E-state index contributed by atoms with van der Waals surface area (Å²) < 4.78 is 4.93. The molecule has 0 aromatic carbocycles. The van der Waals surface area contributed by atoms with Crippen molar-refractivity contribution in [3.05, 3.63) is 0 Å². The van der Waals surface area contributed by atoms with Gasteiger partial charge in [-0.25, -0.2) is 0 Å². The van der Waals surface area contributed by atoms with Crippen molar-refractivity contribution in [3.8, 4) is 0 Å². The van der Waals surface area contributed by atoms with Crippen LogP contribution in [0.4, 0.5) is 0 Å². The van der Waals surface area contributed by atoms with Gasteiger partial charge in [-0.15, -0.1) is 0 Å². The van der Waals surface area contributed by atoms with Crippen molar-refractivity contribution < 1.29 is 9.53 Å². The molecule has 2 unspecified atom stereocenters. The van der Waals surface area contributed by atoms with E-state index in [0.29, 0.717) is 12.5 Å². The van der Waals surface area contributed by atoms with E-state index < -0.39 is 0 Å². The summed E-state index contributed by atoms with van der Waals surface area (Å²) in [6, 6.07) is 0. The molecule has 1 heterocycles. The molecule has 10 heavy (non-hydrogen) atoms. The monoisotopic (exact) mass is 142 g/mol. The van der Waals surface area contributed by atoms with E-state index in [2.05, 4.69) is 6.92 Å². The quantitative estimate of drug-likeness (QED) is 0.520. The first kappa shape index (κ1) is 7.58. The summed E-state index contributed by atoms with van der Waals surface area (Å²) in [4.78, 5) is 11.1. The van der Waals surface area contributed by atoms with Crippen LogP contribution in [0.5, 0.6) is 0 Å². The summed E-state index contributed by atoms with van der Waals surface area (Å²) in [7, 11) is 0. The van der Waals surface area contributed by atoms with Gasteiger partial charge in [0, 0.05) is 5.92 Å². The minimum atomic E-state index is -0.208. The third-order valence-corrected chi connectivity index (χ3v) is 2.75. The van der Waals surface area contributed by atoms with E-state index in [1.165, 1.54) is 0 Å². The van der Waals surface area contributed by atoms with Crippen molar-refractivity contribution in [3.63, 3.8) is 0 Å². The molecule has 0 spiro atoms. The lowest BCUT2D eigenvalue weighted by Crippen LogP contribution is -2.27. The number of carbonyl (C=O) groups is 1. The molecule has 0 aromatic rings. The van der Waals surface area contributed by atoms with Crippen molar-refractivity contribution in [1.82, 2.24) is 0 Å². The molecule has 0 aromatic heterocycles. The van der Waals surface area contributed by atoms with E-state index in [1.807, 2.05) is 13.8 Å². The van der Waals surface area contributed by atoms with E-state index in [1.54, 1.807) is 0 Å². The standard InChI is InChI=1S/C8H14O2/c1-4-8(3)6(2)5-10-7(8)9/h6H,4-5H2,1-3H3. The predicted octanol–water partition coefficient (Wildman–Crippen LogP) is 1.60. The SMILES string of the molecule is CCC1(C)C(=O)OCC1C. The number of ether oxygens (including phenoxy) is 1. The molecule has 1 aliphatic rings. The van der Waals surface area contributed by atoms with Crippen LogP contribution in [0.3, 0.4) is 0 Å². The van der Waals surface area contributed by atoms with Gasteiger partial charge in [0.1, 0.15) is 0 Å². The number of esters is 1. The first-order valence-electron chi connectivity index (χ1n) is 3.78. The van der Waals surface area contributed by atoms with Crippen LogP contribution >= 0.6 is 0 Å². The van der Waals surface area contributed by atoms with Crippen LogP contribution in [0.1, 0.15) is 27.2 Å². The lowest BCUT2D eigenvalue weighted by molar-refractivity contribution is -0.145. The fraction of sp³-hybridized carbons (Fsp3) is 0.875. The Hall–Kier alpha value is -0.530. The molecule has 58 valence electrons. The Labute approximate surface area is 61.6 Å². The lowest BCUT2D eigenvalue weighted by atomic mass is 9.78. The van der Waals surface area contributed by atoms with Crippen LogP contribution in [0.25, 0.3) is 0 Å². The average Bonchev–Trinajstić information content (AvgIpc) is 2.18. The second kappa shape index (κ2) is 2.26. The van der Waals surface area contributed by atoms with Gasteiger partial charge >= 0.3 is 5.97 Å². The van der Waals surface area contributed by atoms with E-state index in [9.17, 15) is 4.79 Å². The molecule has 2 heteroatoms. The number of rotatable bonds is 1. The zero-order valence-electron chi connectivity index (χ0n) is 6.81. The number of cyclic esters (lactones) is 1. The molecular weight excluding hydrogens is 128 g/mol. The Morgan fingerprint density at radius 3 is 2.60 bits per heavy atom. The van der Waals surface area contributed by atoms with Crippen molar-refractivity contribution in [2.45, 2.75) is 27.2 Å². The van der Waals surface area contributed by atoms with Gasteiger partial charge in [0.2, 0.25) is 0 Å². The van der Waals surface area contributed by atoms with Gasteiger partial charge in [-0.05, 0) is 13.3 Å². The highest BCUT2D eigenvalue weighted by molar-refractivity contribution is 5.78. The van der Waals surface area contributed by atoms with Gasteiger partial charge in [0.05, 0.1) is 12.0 Å². The Morgan fingerprint density at radius 2 is 2.40 bits per heavy atom. The molecule has 1 rings (SSSR count).